The second kappa shape index (κ2) is 5.48. The maximum Gasteiger partial charge on any atom is 0.319 e. The zero-order valence-electron chi connectivity index (χ0n) is 11.9. The third kappa shape index (κ3) is 2.99. The quantitative estimate of drug-likeness (QED) is 0.901. The molecule has 0 bridgehead atoms. The number of rotatable bonds is 4. The summed E-state index contributed by atoms with van der Waals surface area (Å²) in [5, 5.41) is 5.93. The van der Waals surface area contributed by atoms with Crippen molar-refractivity contribution in [3.8, 4) is 5.75 Å². The minimum atomic E-state index is -0.231. The van der Waals surface area contributed by atoms with Gasteiger partial charge in [-0.15, -0.1) is 0 Å². The molecule has 0 unspecified atom stereocenters. The topological polar surface area (TPSA) is 50.4 Å². The zero-order valence-corrected chi connectivity index (χ0v) is 11.9. The SMILES string of the molecule is COc1ccc(C2(NC(=O)Nc3ccccc3)CC2)cc1. The van der Waals surface area contributed by atoms with Crippen LogP contribution in [0.3, 0.4) is 0 Å². The lowest BCUT2D eigenvalue weighted by Gasteiger charge is -2.18. The number of anilines is 1. The Morgan fingerprint density at radius 1 is 1.05 bits per heavy atom. The molecule has 0 saturated heterocycles. The summed E-state index contributed by atoms with van der Waals surface area (Å²) in [6.07, 6.45) is 1.92. The van der Waals surface area contributed by atoms with E-state index in [2.05, 4.69) is 10.6 Å². The van der Waals surface area contributed by atoms with Gasteiger partial charge in [0, 0.05) is 5.69 Å². The van der Waals surface area contributed by atoms with Crippen molar-refractivity contribution in [2.24, 2.45) is 0 Å². The van der Waals surface area contributed by atoms with Crippen LogP contribution in [0.25, 0.3) is 0 Å². The Bertz CT molecular complexity index is 619. The standard InChI is InChI=1S/C17H18N2O2/c1-21-15-9-7-13(8-10-15)17(11-12-17)19-16(20)18-14-5-3-2-4-6-14/h2-10H,11-12H2,1H3,(H2,18,19,20). The molecule has 0 aliphatic heterocycles. The van der Waals surface area contributed by atoms with Crippen LogP contribution < -0.4 is 15.4 Å². The van der Waals surface area contributed by atoms with Crippen LogP contribution in [0.15, 0.2) is 54.6 Å². The molecular weight excluding hydrogens is 264 g/mol. The van der Waals surface area contributed by atoms with Crippen LogP contribution in [0, 0.1) is 0 Å². The molecule has 2 amide bonds. The van der Waals surface area contributed by atoms with Gasteiger partial charge in [0.2, 0.25) is 0 Å². The fourth-order valence-corrected chi connectivity index (χ4v) is 2.42. The van der Waals surface area contributed by atoms with Crippen LogP contribution in [0.2, 0.25) is 0 Å². The van der Waals surface area contributed by atoms with Crippen LogP contribution in [0.4, 0.5) is 10.5 Å². The minimum Gasteiger partial charge on any atom is -0.497 e. The highest BCUT2D eigenvalue weighted by molar-refractivity contribution is 5.90. The van der Waals surface area contributed by atoms with E-state index in [1.165, 1.54) is 0 Å². The number of benzene rings is 2. The van der Waals surface area contributed by atoms with Gasteiger partial charge < -0.3 is 15.4 Å². The molecule has 0 aromatic heterocycles. The van der Waals surface area contributed by atoms with Gasteiger partial charge in [0.25, 0.3) is 0 Å². The lowest BCUT2D eigenvalue weighted by Crippen LogP contribution is -2.38. The van der Waals surface area contributed by atoms with Gasteiger partial charge in [0.05, 0.1) is 12.6 Å². The largest absolute Gasteiger partial charge is 0.497 e. The van der Waals surface area contributed by atoms with E-state index in [1.807, 2.05) is 54.6 Å². The molecular formula is C17H18N2O2. The number of hydrogen-bond acceptors (Lipinski definition) is 2. The first-order valence-electron chi connectivity index (χ1n) is 7.01. The normalized spacial score (nSPS) is 15.1. The minimum absolute atomic E-state index is 0.172. The Kier molecular flexibility index (Phi) is 3.52. The molecule has 0 heterocycles. The first-order chi connectivity index (χ1) is 10.2. The molecule has 21 heavy (non-hydrogen) atoms. The average Bonchev–Trinajstić information content (AvgIpc) is 3.29. The van der Waals surface area contributed by atoms with Gasteiger partial charge in [0.15, 0.2) is 0 Å². The van der Waals surface area contributed by atoms with E-state index in [0.29, 0.717) is 0 Å². The molecule has 3 rings (SSSR count). The number of carbonyl (C=O) groups is 1. The Balaban J connectivity index is 1.67. The van der Waals surface area contributed by atoms with Crippen molar-refractivity contribution in [3.05, 3.63) is 60.2 Å². The number of amides is 2. The predicted octanol–water partition coefficient (Wildman–Crippen LogP) is 3.51. The number of ether oxygens (including phenoxy) is 1. The molecule has 108 valence electrons. The average molecular weight is 282 g/mol. The number of carbonyl (C=O) groups excluding carboxylic acids is 1. The molecule has 1 saturated carbocycles. The van der Waals surface area contributed by atoms with Gasteiger partial charge in [-0.05, 0) is 42.7 Å². The molecule has 1 aliphatic carbocycles. The summed E-state index contributed by atoms with van der Waals surface area (Å²) in [6.45, 7) is 0. The van der Waals surface area contributed by atoms with Crippen LogP contribution in [-0.4, -0.2) is 13.1 Å². The second-order valence-electron chi connectivity index (χ2n) is 5.26. The van der Waals surface area contributed by atoms with Crippen molar-refractivity contribution >= 4 is 11.7 Å². The van der Waals surface area contributed by atoms with Crippen LogP contribution in [0.1, 0.15) is 18.4 Å². The smallest absolute Gasteiger partial charge is 0.319 e. The maximum atomic E-state index is 12.1. The summed E-state index contributed by atoms with van der Waals surface area (Å²) in [5.41, 5.74) is 1.68. The van der Waals surface area contributed by atoms with Crippen molar-refractivity contribution < 1.29 is 9.53 Å². The van der Waals surface area contributed by atoms with Gasteiger partial charge in [-0.3, -0.25) is 0 Å². The zero-order chi connectivity index (χ0) is 14.7. The number of nitrogens with one attached hydrogen (secondary N) is 2. The summed E-state index contributed by atoms with van der Waals surface area (Å²) < 4.78 is 5.16. The van der Waals surface area contributed by atoms with E-state index in [-0.39, 0.29) is 11.6 Å². The molecule has 2 aromatic rings. The number of para-hydroxylation sites is 1. The lowest BCUT2D eigenvalue weighted by molar-refractivity contribution is 0.247. The Labute approximate surface area is 124 Å². The Morgan fingerprint density at radius 2 is 1.71 bits per heavy atom. The Morgan fingerprint density at radius 3 is 2.29 bits per heavy atom. The first kappa shape index (κ1) is 13.5. The maximum absolute atomic E-state index is 12.1. The highest BCUT2D eigenvalue weighted by atomic mass is 16.5. The highest BCUT2D eigenvalue weighted by Gasteiger charge is 2.45. The first-order valence-corrected chi connectivity index (χ1v) is 7.01. The number of hydrogen-bond donors (Lipinski definition) is 2. The van der Waals surface area contributed by atoms with Crippen molar-refractivity contribution in [3.63, 3.8) is 0 Å². The monoisotopic (exact) mass is 282 g/mol. The van der Waals surface area contributed by atoms with Crippen molar-refractivity contribution in [2.75, 3.05) is 12.4 Å². The third-order valence-electron chi connectivity index (χ3n) is 3.78. The fraction of sp³-hybridized carbons (Fsp3) is 0.235. The molecule has 4 heteroatoms. The van der Waals surface area contributed by atoms with Crippen molar-refractivity contribution in [1.82, 2.24) is 5.32 Å². The molecule has 1 aliphatic rings. The molecule has 2 aromatic carbocycles. The van der Waals surface area contributed by atoms with Gasteiger partial charge in [0.1, 0.15) is 5.75 Å². The van der Waals surface area contributed by atoms with Crippen molar-refractivity contribution in [2.45, 2.75) is 18.4 Å². The molecule has 0 radical (unpaired) electrons. The molecule has 0 atom stereocenters. The summed E-state index contributed by atoms with van der Waals surface area (Å²) in [6, 6.07) is 17.1. The molecule has 1 fully saturated rings. The highest BCUT2D eigenvalue weighted by Crippen LogP contribution is 2.45. The fourth-order valence-electron chi connectivity index (χ4n) is 2.42. The third-order valence-corrected chi connectivity index (χ3v) is 3.78. The summed E-state index contributed by atoms with van der Waals surface area (Å²) in [7, 11) is 1.65. The van der Waals surface area contributed by atoms with Gasteiger partial charge in [-0.25, -0.2) is 4.79 Å². The number of urea groups is 1. The second-order valence-corrected chi connectivity index (χ2v) is 5.26. The summed E-state index contributed by atoms with van der Waals surface area (Å²) in [5.74, 6) is 0.822. The van der Waals surface area contributed by atoms with Crippen LogP contribution in [0.5, 0.6) is 5.75 Å². The predicted molar refractivity (Wildman–Crippen MR) is 82.5 cm³/mol. The van der Waals surface area contributed by atoms with E-state index in [1.54, 1.807) is 7.11 Å². The molecule has 4 nitrogen and oxygen atoms in total. The molecule has 0 spiro atoms. The Hall–Kier alpha value is -2.49. The summed E-state index contributed by atoms with van der Waals surface area (Å²) in [4.78, 5) is 12.1. The molecule has 2 N–H and O–H groups in total. The van der Waals surface area contributed by atoms with Crippen LogP contribution >= 0.6 is 0 Å². The van der Waals surface area contributed by atoms with Gasteiger partial charge in [-0.1, -0.05) is 30.3 Å². The van der Waals surface area contributed by atoms with Gasteiger partial charge >= 0.3 is 6.03 Å². The summed E-state index contributed by atoms with van der Waals surface area (Å²) >= 11 is 0. The van der Waals surface area contributed by atoms with Crippen LogP contribution in [-0.2, 0) is 5.54 Å². The van der Waals surface area contributed by atoms with E-state index < -0.39 is 0 Å². The van der Waals surface area contributed by atoms with Gasteiger partial charge in [-0.2, -0.15) is 0 Å². The van der Waals surface area contributed by atoms with E-state index in [9.17, 15) is 4.79 Å². The van der Waals surface area contributed by atoms with E-state index in [4.69, 9.17) is 4.74 Å². The number of methoxy groups -OCH3 is 1. The van der Waals surface area contributed by atoms with E-state index >= 15 is 0 Å². The van der Waals surface area contributed by atoms with E-state index in [0.717, 1.165) is 29.8 Å². The lowest BCUT2D eigenvalue weighted by atomic mass is 10.1. The van der Waals surface area contributed by atoms with Crippen molar-refractivity contribution in [1.29, 1.82) is 0 Å².